The topological polar surface area (TPSA) is 96.4 Å². The number of carbonyl (C=O) groups excluding carboxylic acids is 1. The first-order valence-electron chi connectivity index (χ1n) is 9.93. The number of pyridine rings is 2. The summed E-state index contributed by atoms with van der Waals surface area (Å²) < 4.78 is 6.04. The number of aliphatic hydroxyl groups excluding tert-OH is 1. The minimum atomic E-state index is -0.314. The van der Waals surface area contributed by atoms with E-state index in [1.165, 1.54) is 0 Å². The Morgan fingerprint density at radius 2 is 1.90 bits per heavy atom. The molecule has 3 N–H and O–H groups in total. The van der Waals surface area contributed by atoms with E-state index in [1.807, 2.05) is 55.5 Å². The van der Waals surface area contributed by atoms with Crippen LogP contribution in [-0.2, 0) is 6.61 Å². The highest BCUT2D eigenvalue weighted by Gasteiger charge is 2.13. The van der Waals surface area contributed by atoms with E-state index in [2.05, 4.69) is 20.6 Å². The molecule has 4 aromatic rings. The number of carbonyl (C=O) groups is 1. The maximum atomic E-state index is 12.0. The molecule has 4 rings (SSSR count). The van der Waals surface area contributed by atoms with Gasteiger partial charge in [-0.3, -0.25) is 10.3 Å². The fraction of sp³-hybridized carbons (Fsp3) is 0.125. The molecule has 0 atom stereocenters. The van der Waals surface area contributed by atoms with Gasteiger partial charge < -0.3 is 15.2 Å². The lowest BCUT2D eigenvalue weighted by atomic mass is 9.98. The predicted molar refractivity (Wildman–Crippen MR) is 120 cm³/mol. The number of aromatic nitrogens is 2. The van der Waals surface area contributed by atoms with Gasteiger partial charge in [0.1, 0.15) is 17.3 Å². The van der Waals surface area contributed by atoms with Crippen LogP contribution in [0.3, 0.4) is 0 Å². The van der Waals surface area contributed by atoms with Crippen LogP contribution in [0, 0.1) is 0 Å². The Bertz CT molecular complexity index is 1190. The third-order valence-corrected chi connectivity index (χ3v) is 4.75. The molecule has 2 amide bonds. The number of ether oxygens (including phenoxy) is 1. The van der Waals surface area contributed by atoms with Gasteiger partial charge in [0.15, 0.2) is 0 Å². The summed E-state index contributed by atoms with van der Waals surface area (Å²) in [5.74, 6) is 1.69. The molecular weight excluding hydrogens is 392 g/mol. The van der Waals surface area contributed by atoms with Gasteiger partial charge >= 0.3 is 6.03 Å². The maximum absolute atomic E-state index is 12.0. The number of anilines is 1. The molecule has 0 bridgehead atoms. The van der Waals surface area contributed by atoms with Crippen molar-refractivity contribution in [3.63, 3.8) is 0 Å². The van der Waals surface area contributed by atoms with Crippen molar-refractivity contribution < 1.29 is 14.6 Å². The molecule has 0 unspecified atom stereocenters. The summed E-state index contributed by atoms with van der Waals surface area (Å²) in [4.78, 5) is 20.4. The van der Waals surface area contributed by atoms with Crippen LogP contribution in [0.5, 0.6) is 11.5 Å². The molecule has 7 nitrogen and oxygen atoms in total. The fourth-order valence-electron chi connectivity index (χ4n) is 3.27. The molecule has 0 saturated carbocycles. The van der Waals surface area contributed by atoms with E-state index >= 15 is 0 Å². The van der Waals surface area contributed by atoms with E-state index in [4.69, 9.17) is 4.74 Å². The number of benzene rings is 2. The number of urea groups is 1. The number of hydrogen-bond donors (Lipinski definition) is 3. The molecule has 2 aromatic heterocycles. The molecule has 7 heteroatoms. The molecule has 2 heterocycles. The summed E-state index contributed by atoms with van der Waals surface area (Å²) in [7, 11) is 0. The van der Waals surface area contributed by atoms with Crippen LogP contribution in [0.1, 0.15) is 12.5 Å². The Kier molecular flexibility index (Phi) is 6.05. The lowest BCUT2D eigenvalue weighted by Gasteiger charge is -2.14. The van der Waals surface area contributed by atoms with Gasteiger partial charge in [-0.1, -0.05) is 30.3 Å². The standard InChI is InChI=1S/C24H22N4O3/c1-2-26-24(30)28-23-12-20-19(17-7-5-16(15-29)6-8-17)9-10-22(21(20)14-27-23)31-18-4-3-11-25-13-18/h3-14,29H,2,15H2,1H3,(H2,26,27,28,30). The van der Waals surface area contributed by atoms with E-state index in [0.29, 0.717) is 23.9 Å². The SMILES string of the molecule is CCNC(=O)Nc1cc2c(-c3ccc(CO)cc3)ccc(Oc3cccnc3)c2cn1. The lowest BCUT2D eigenvalue weighted by Crippen LogP contribution is -2.28. The zero-order valence-corrected chi connectivity index (χ0v) is 17.0. The van der Waals surface area contributed by atoms with Crippen LogP contribution in [0.15, 0.2) is 73.2 Å². The van der Waals surface area contributed by atoms with E-state index in [1.54, 1.807) is 24.7 Å². The van der Waals surface area contributed by atoms with Gasteiger partial charge in [-0.05, 0) is 53.3 Å². The minimum Gasteiger partial charge on any atom is -0.455 e. The summed E-state index contributed by atoms with van der Waals surface area (Å²) in [6.07, 6.45) is 5.02. The average molecular weight is 414 g/mol. The van der Waals surface area contributed by atoms with Crippen molar-refractivity contribution in [2.75, 3.05) is 11.9 Å². The first-order chi connectivity index (χ1) is 15.2. The Morgan fingerprint density at radius 3 is 2.61 bits per heavy atom. The molecule has 0 spiro atoms. The predicted octanol–water partition coefficient (Wildman–Crippen LogP) is 4.72. The van der Waals surface area contributed by atoms with Crippen molar-refractivity contribution in [1.82, 2.24) is 15.3 Å². The Hall–Kier alpha value is -3.97. The van der Waals surface area contributed by atoms with Gasteiger partial charge in [-0.15, -0.1) is 0 Å². The molecule has 31 heavy (non-hydrogen) atoms. The second-order valence-electron chi connectivity index (χ2n) is 6.86. The van der Waals surface area contributed by atoms with Crippen LogP contribution in [0.4, 0.5) is 10.6 Å². The molecule has 0 radical (unpaired) electrons. The Balaban J connectivity index is 1.81. The van der Waals surface area contributed by atoms with E-state index in [9.17, 15) is 9.90 Å². The van der Waals surface area contributed by atoms with Crippen LogP contribution in [0.25, 0.3) is 21.9 Å². The number of nitrogens with one attached hydrogen (secondary N) is 2. The third-order valence-electron chi connectivity index (χ3n) is 4.75. The van der Waals surface area contributed by atoms with Gasteiger partial charge in [0.05, 0.1) is 12.8 Å². The van der Waals surface area contributed by atoms with Gasteiger partial charge in [0.2, 0.25) is 0 Å². The minimum absolute atomic E-state index is 0.0105. The second kappa shape index (κ2) is 9.23. The highest BCUT2D eigenvalue weighted by Crippen LogP contribution is 2.37. The quantitative estimate of drug-likeness (QED) is 0.424. The number of nitrogens with zero attached hydrogens (tertiary/aromatic N) is 2. The highest BCUT2D eigenvalue weighted by atomic mass is 16.5. The maximum Gasteiger partial charge on any atom is 0.320 e. The molecule has 0 aliphatic carbocycles. The number of rotatable bonds is 6. The molecule has 0 saturated heterocycles. The Morgan fingerprint density at radius 1 is 1.06 bits per heavy atom. The third kappa shape index (κ3) is 4.62. The molecule has 0 fully saturated rings. The zero-order chi connectivity index (χ0) is 21.6. The van der Waals surface area contributed by atoms with Crippen molar-refractivity contribution in [3.8, 4) is 22.6 Å². The molecule has 0 aliphatic rings. The number of amides is 2. The number of fused-ring (bicyclic) bond motifs is 1. The van der Waals surface area contributed by atoms with Gasteiger partial charge in [0.25, 0.3) is 0 Å². The summed E-state index contributed by atoms with van der Waals surface area (Å²) >= 11 is 0. The number of hydrogen-bond acceptors (Lipinski definition) is 5. The van der Waals surface area contributed by atoms with Crippen molar-refractivity contribution in [2.24, 2.45) is 0 Å². The second-order valence-corrected chi connectivity index (χ2v) is 6.86. The number of aliphatic hydroxyl groups is 1. The monoisotopic (exact) mass is 414 g/mol. The van der Waals surface area contributed by atoms with Gasteiger partial charge in [-0.25, -0.2) is 9.78 Å². The van der Waals surface area contributed by atoms with Gasteiger partial charge in [0, 0.05) is 24.3 Å². The van der Waals surface area contributed by atoms with Crippen molar-refractivity contribution >= 4 is 22.6 Å². The normalized spacial score (nSPS) is 10.6. The van der Waals surface area contributed by atoms with Crippen molar-refractivity contribution in [3.05, 3.63) is 78.8 Å². The van der Waals surface area contributed by atoms with Crippen molar-refractivity contribution in [1.29, 1.82) is 0 Å². The van der Waals surface area contributed by atoms with E-state index < -0.39 is 0 Å². The first kappa shape index (κ1) is 20.3. The van der Waals surface area contributed by atoms with Crippen LogP contribution < -0.4 is 15.4 Å². The van der Waals surface area contributed by atoms with Crippen LogP contribution in [-0.4, -0.2) is 27.7 Å². The molecule has 0 aliphatic heterocycles. The van der Waals surface area contributed by atoms with E-state index in [-0.39, 0.29) is 12.6 Å². The largest absolute Gasteiger partial charge is 0.455 e. The molecule has 2 aromatic carbocycles. The van der Waals surface area contributed by atoms with Crippen LogP contribution in [0.2, 0.25) is 0 Å². The van der Waals surface area contributed by atoms with Crippen molar-refractivity contribution in [2.45, 2.75) is 13.5 Å². The summed E-state index contributed by atoms with van der Waals surface area (Å²) in [6, 6.07) is 16.7. The smallest absolute Gasteiger partial charge is 0.320 e. The fourth-order valence-corrected chi connectivity index (χ4v) is 3.27. The molecular formula is C24H22N4O3. The Labute approximate surface area is 179 Å². The van der Waals surface area contributed by atoms with Gasteiger partial charge in [-0.2, -0.15) is 0 Å². The highest BCUT2D eigenvalue weighted by molar-refractivity contribution is 6.02. The van der Waals surface area contributed by atoms with Crippen LogP contribution >= 0.6 is 0 Å². The summed E-state index contributed by atoms with van der Waals surface area (Å²) in [6.45, 7) is 2.36. The summed E-state index contributed by atoms with van der Waals surface area (Å²) in [5.41, 5.74) is 2.77. The molecule has 156 valence electrons. The summed E-state index contributed by atoms with van der Waals surface area (Å²) in [5, 5.41) is 16.5. The van der Waals surface area contributed by atoms with E-state index in [0.717, 1.165) is 27.5 Å². The first-order valence-corrected chi connectivity index (χ1v) is 9.93. The average Bonchev–Trinajstić information content (AvgIpc) is 2.80. The lowest BCUT2D eigenvalue weighted by molar-refractivity contribution is 0.252. The zero-order valence-electron chi connectivity index (χ0n) is 17.0.